The SMILES string of the molecule is CCC(CC)(c1ccc(OS(=O)(=O)C(F)(F)F)c(C)c1)c1ccc(-c2ccc(CC(=O)OC)cc2)c(O)c1.CCC(CC)(c1ccc(OS(=O)(=O)C(F)(F)F)c(C)c1)c1ccc(-c2ccc(CC(=O)OC)cc2)c(OC)c1. The van der Waals surface area contributed by atoms with Crippen molar-refractivity contribution in [3.8, 4) is 45.3 Å². The Morgan fingerprint density at radius 3 is 1.13 bits per heavy atom. The Kier molecular flexibility index (Phi) is 19.4. The topological polar surface area (TPSA) is 169 Å². The molecule has 0 saturated heterocycles. The second-order valence-corrected chi connectivity index (χ2v) is 21.1. The van der Waals surface area contributed by atoms with Gasteiger partial charge in [-0.25, -0.2) is 0 Å². The minimum atomic E-state index is -5.79. The first-order chi connectivity index (χ1) is 36.1. The van der Waals surface area contributed by atoms with Crippen molar-refractivity contribution in [2.45, 2.75) is 102 Å². The van der Waals surface area contributed by atoms with Gasteiger partial charge < -0.3 is 27.7 Å². The smallest absolute Gasteiger partial charge is 0.507 e. The third-order valence-corrected chi connectivity index (χ3v) is 15.8. The van der Waals surface area contributed by atoms with Crippen molar-refractivity contribution in [2.24, 2.45) is 0 Å². The zero-order valence-corrected chi connectivity index (χ0v) is 45.4. The fourth-order valence-electron chi connectivity index (χ4n) is 9.26. The Bertz CT molecular complexity index is 3270. The van der Waals surface area contributed by atoms with Crippen LogP contribution in [0.4, 0.5) is 26.3 Å². The average molecular weight is 1120 g/mol. The van der Waals surface area contributed by atoms with Gasteiger partial charge in [0, 0.05) is 22.0 Å². The Labute approximate surface area is 445 Å². The number of benzene rings is 6. The van der Waals surface area contributed by atoms with Crippen LogP contribution in [0.15, 0.2) is 121 Å². The van der Waals surface area contributed by atoms with Gasteiger partial charge in [-0.2, -0.15) is 43.2 Å². The van der Waals surface area contributed by atoms with Gasteiger partial charge in [0.25, 0.3) is 0 Å². The van der Waals surface area contributed by atoms with E-state index in [-0.39, 0.29) is 47.4 Å². The number of aromatic hydroxyl groups is 1. The summed E-state index contributed by atoms with van der Waals surface area (Å²) in [5.74, 6) is -0.772. The summed E-state index contributed by atoms with van der Waals surface area (Å²) in [4.78, 5) is 23.1. The van der Waals surface area contributed by atoms with E-state index in [0.29, 0.717) is 37.0 Å². The number of phenolic OH excluding ortho intramolecular Hbond substituents is 1. The number of esters is 2. The zero-order chi connectivity index (χ0) is 57.3. The minimum absolute atomic E-state index is 0.0439. The van der Waals surface area contributed by atoms with Crippen LogP contribution < -0.4 is 13.1 Å². The first kappa shape index (κ1) is 60.8. The summed E-state index contributed by atoms with van der Waals surface area (Å²) < 4.78 is 147. The number of carbonyl (C=O) groups is 2. The van der Waals surface area contributed by atoms with E-state index in [9.17, 15) is 57.9 Å². The van der Waals surface area contributed by atoms with Crippen molar-refractivity contribution in [3.63, 3.8) is 0 Å². The summed E-state index contributed by atoms with van der Waals surface area (Å²) in [6.45, 7) is 10.9. The summed E-state index contributed by atoms with van der Waals surface area (Å²) in [6, 6.07) is 34.8. The molecule has 0 aromatic heterocycles. The molecule has 0 aliphatic rings. The lowest BCUT2D eigenvalue weighted by molar-refractivity contribution is -0.140. The second-order valence-electron chi connectivity index (χ2n) is 18.1. The van der Waals surface area contributed by atoms with Gasteiger partial charge in [0.15, 0.2) is 0 Å². The van der Waals surface area contributed by atoms with E-state index in [1.807, 2.05) is 76.2 Å². The van der Waals surface area contributed by atoms with Crippen molar-refractivity contribution in [1.82, 2.24) is 0 Å². The van der Waals surface area contributed by atoms with E-state index in [1.54, 1.807) is 67.8 Å². The van der Waals surface area contributed by atoms with Crippen LogP contribution in [0, 0.1) is 13.8 Å². The number of carbonyl (C=O) groups excluding carboxylic acids is 2. The molecule has 12 nitrogen and oxygen atoms in total. The minimum Gasteiger partial charge on any atom is -0.507 e. The lowest BCUT2D eigenvalue weighted by atomic mass is 9.70. The van der Waals surface area contributed by atoms with Crippen molar-refractivity contribution in [1.29, 1.82) is 0 Å². The molecule has 0 unspecified atom stereocenters. The third-order valence-electron chi connectivity index (χ3n) is 13.8. The van der Waals surface area contributed by atoms with Crippen LogP contribution in [-0.2, 0) is 63.0 Å². The number of aryl methyl sites for hydroxylation is 2. The zero-order valence-electron chi connectivity index (χ0n) is 43.8. The molecular formula is C57H60F6O12S2. The Morgan fingerprint density at radius 2 is 0.805 bits per heavy atom. The van der Waals surface area contributed by atoms with Crippen LogP contribution in [-0.4, -0.2) is 66.2 Å². The van der Waals surface area contributed by atoms with Gasteiger partial charge in [0.2, 0.25) is 0 Å². The highest BCUT2D eigenvalue weighted by molar-refractivity contribution is 7.88. The molecule has 20 heteroatoms. The maximum Gasteiger partial charge on any atom is 0.534 e. The van der Waals surface area contributed by atoms with Gasteiger partial charge in [-0.3, -0.25) is 9.59 Å². The summed E-state index contributed by atoms with van der Waals surface area (Å²) in [7, 11) is -7.32. The number of hydrogen-bond acceptors (Lipinski definition) is 12. The Morgan fingerprint density at radius 1 is 0.468 bits per heavy atom. The molecule has 0 bridgehead atoms. The van der Waals surface area contributed by atoms with Crippen LogP contribution in [0.25, 0.3) is 22.3 Å². The number of hydrogen-bond donors (Lipinski definition) is 1. The number of methoxy groups -OCH3 is 3. The van der Waals surface area contributed by atoms with E-state index in [0.717, 1.165) is 50.1 Å². The van der Waals surface area contributed by atoms with Gasteiger partial charge in [-0.1, -0.05) is 125 Å². The molecule has 6 aromatic carbocycles. The van der Waals surface area contributed by atoms with E-state index < -0.39 is 47.8 Å². The Hall–Kier alpha value is -7.06. The monoisotopic (exact) mass is 1110 g/mol. The molecule has 77 heavy (non-hydrogen) atoms. The van der Waals surface area contributed by atoms with Gasteiger partial charge in [-0.15, -0.1) is 0 Å². The first-order valence-corrected chi connectivity index (χ1v) is 27.0. The summed E-state index contributed by atoms with van der Waals surface area (Å²) in [5.41, 5.74) is -3.70. The molecule has 0 aliphatic heterocycles. The molecule has 6 rings (SSSR count). The number of phenols is 1. The maximum absolute atomic E-state index is 12.8. The molecule has 0 radical (unpaired) electrons. The highest BCUT2D eigenvalue weighted by atomic mass is 32.2. The van der Waals surface area contributed by atoms with Crippen molar-refractivity contribution >= 4 is 32.2 Å². The number of alkyl halides is 6. The summed E-state index contributed by atoms with van der Waals surface area (Å²) in [6.07, 6.45) is 2.84. The molecule has 0 heterocycles. The number of ether oxygens (including phenoxy) is 3. The summed E-state index contributed by atoms with van der Waals surface area (Å²) >= 11 is 0. The highest BCUT2D eigenvalue weighted by Gasteiger charge is 2.50. The molecule has 0 fully saturated rings. The normalized spacial score (nSPS) is 12.2. The molecule has 0 aliphatic carbocycles. The van der Waals surface area contributed by atoms with E-state index in [4.69, 9.17) is 9.47 Å². The largest absolute Gasteiger partial charge is 0.534 e. The maximum atomic E-state index is 12.8. The van der Waals surface area contributed by atoms with Gasteiger partial charge in [-0.05, 0) is 119 Å². The molecule has 0 spiro atoms. The van der Waals surface area contributed by atoms with Crippen molar-refractivity contribution in [2.75, 3.05) is 21.3 Å². The van der Waals surface area contributed by atoms with E-state index in [2.05, 4.69) is 13.1 Å². The second kappa shape index (κ2) is 24.5. The van der Waals surface area contributed by atoms with Gasteiger partial charge in [0.05, 0.1) is 34.2 Å². The molecule has 0 atom stereocenters. The van der Waals surface area contributed by atoms with Crippen molar-refractivity contribution in [3.05, 3.63) is 166 Å². The van der Waals surface area contributed by atoms with E-state index >= 15 is 0 Å². The van der Waals surface area contributed by atoms with Crippen LogP contribution in [0.3, 0.4) is 0 Å². The van der Waals surface area contributed by atoms with Gasteiger partial charge in [0.1, 0.15) is 23.0 Å². The van der Waals surface area contributed by atoms with Gasteiger partial charge >= 0.3 is 43.2 Å². The van der Waals surface area contributed by atoms with Crippen LogP contribution in [0.5, 0.6) is 23.0 Å². The molecular weight excluding hydrogens is 1050 g/mol. The fourth-order valence-corrected chi connectivity index (χ4v) is 10.3. The summed E-state index contributed by atoms with van der Waals surface area (Å²) in [5, 5.41) is 10.9. The lowest BCUT2D eigenvalue weighted by Gasteiger charge is -2.34. The molecule has 0 saturated carbocycles. The number of rotatable bonds is 19. The Balaban J connectivity index is 0.000000284. The lowest BCUT2D eigenvalue weighted by Crippen LogP contribution is -2.29. The van der Waals surface area contributed by atoms with Crippen LogP contribution in [0.1, 0.15) is 97.9 Å². The molecule has 1 N–H and O–H groups in total. The molecule has 6 aromatic rings. The van der Waals surface area contributed by atoms with Crippen molar-refractivity contribution < 1.29 is 80.5 Å². The predicted molar refractivity (Wildman–Crippen MR) is 280 cm³/mol. The molecule has 0 amide bonds. The quantitative estimate of drug-likeness (QED) is 0.0353. The standard InChI is InChI=1S/C29H31F3O6S.C28H29F3O6S/c1-6-28(7-2,22-13-15-25(19(3)16-22)38-39(34,35)29(30,31)32)23-12-14-24(26(18-23)36-4)21-10-8-20(9-11-21)17-27(33)37-5;1-5-27(6-2,21-12-14-25(18(3)15-21)37-38(34,35)28(29,30)31)22-11-13-23(24(32)17-22)20-9-7-19(8-10-20)16-26(33)36-4/h8-16,18H,6-7,17H2,1-5H3;7-15,17,32H,5-6,16H2,1-4H3. The number of halogens is 6. The predicted octanol–water partition coefficient (Wildman–Crippen LogP) is 13.1. The third kappa shape index (κ3) is 13.6. The highest BCUT2D eigenvalue weighted by Crippen LogP contribution is 2.46. The fraction of sp³-hybridized carbons (Fsp3) is 0.333. The van der Waals surface area contributed by atoms with Crippen LogP contribution >= 0.6 is 0 Å². The van der Waals surface area contributed by atoms with E-state index in [1.165, 1.54) is 40.2 Å². The average Bonchev–Trinajstić information content (AvgIpc) is 3.39. The molecule has 414 valence electrons. The van der Waals surface area contributed by atoms with Crippen LogP contribution in [0.2, 0.25) is 0 Å². The first-order valence-electron chi connectivity index (χ1n) is 24.2.